The monoisotopic (exact) mass is 374 g/mol. The van der Waals surface area contributed by atoms with Gasteiger partial charge in [-0.15, -0.1) is 0 Å². The predicted octanol–water partition coefficient (Wildman–Crippen LogP) is 3.34. The Hall–Kier alpha value is -1.07. The molecule has 0 saturated heterocycles. The molecule has 116 valence electrons. The molecule has 1 unspecified atom stereocenters. The lowest BCUT2D eigenvalue weighted by Crippen LogP contribution is -2.46. The molecule has 0 bridgehead atoms. The third kappa shape index (κ3) is 5.32. The summed E-state index contributed by atoms with van der Waals surface area (Å²) in [5.41, 5.74) is 0.434. The summed E-state index contributed by atoms with van der Waals surface area (Å²) in [7, 11) is 3.36. The van der Waals surface area contributed by atoms with Crippen molar-refractivity contribution in [2.24, 2.45) is 5.92 Å². The molecule has 1 atom stereocenters. The van der Waals surface area contributed by atoms with Gasteiger partial charge in [0.25, 0.3) is 5.91 Å². The van der Waals surface area contributed by atoms with Crippen LogP contribution in [0.3, 0.4) is 0 Å². The molecule has 1 aromatic carbocycles. The number of hydrogen-bond acceptors (Lipinski definition) is 2. The van der Waals surface area contributed by atoms with Gasteiger partial charge in [-0.3, -0.25) is 9.59 Å². The summed E-state index contributed by atoms with van der Waals surface area (Å²) in [4.78, 5) is 25.9. The van der Waals surface area contributed by atoms with E-state index >= 15 is 0 Å². The van der Waals surface area contributed by atoms with Crippen LogP contribution in [0.5, 0.6) is 0 Å². The fraction of sp³-hybridized carbons (Fsp3) is 0.467. The average Bonchev–Trinajstić information content (AvgIpc) is 2.39. The molecule has 0 saturated carbocycles. The topological polar surface area (TPSA) is 49.4 Å². The molecule has 0 spiro atoms. The second kappa shape index (κ2) is 7.80. The van der Waals surface area contributed by atoms with Gasteiger partial charge < -0.3 is 10.2 Å². The van der Waals surface area contributed by atoms with Crippen LogP contribution in [0, 0.1) is 5.92 Å². The quantitative estimate of drug-likeness (QED) is 0.858. The van der Waals surface area contributed by atoms with Gasteiger partial charge in [0.05, 0.1) is 5.02 Å². The summed E-state index contributed by atoms with van der Waals surface area (Å²) in [5, 5.41) is 3.25. The van der Waals surface area contributed by atoms with Crippen molar-refractivity contribution in [3.05, 3.63) is 33.3 Å². The van der Waals surface area contributed by atoms with Crippen molar-refractivity contribution in [1.29, 1.82) is 0 Å². The first-order chi connectivity index (χ1) is 9.72. The zero-order chi connectivity index (χ0) is 16.2. The fourth-order valence-electron chi connectivity index (χ4n) is 1.88. The van der Waals surface area contributed by atoms with Gasteiger partial charge in [0.2, 0.25) is 5.91 Å². The van der Waals surface area contributed by atoms with Crippen molar-refractivity contribution >= 4 is 39.3 Å². The molecular weight excluding hydrogens is 356 g/mol. The van der Waals surface area contributed by atoms with E-state index in [0.29, 0.717) is 22.9 Å². The molecule has 0 fully saturated rings. The Labute approximate surface area is 139 Å². The van der Waals surface area contributed by atoms with E-state index in [-0.39, 0.29) is 11.8 Å². The number of benzene rings is 1. The number of hydrogen-bond donors (Lipinski definition) is 1. The van der Waals surface area contributed by atoms with Crippen molar-refractivity contribution in [3.63, 3.8) is 0 Å². The van der Waals surface area contributed by atoms with Crippen molar-refractivity contribution in [2.45, 2.75) is 26.3 Å². The van der Waals surface area contributed by atoms with Crippen LogP contribution in [0.2, 0.25) is 5.02 Å². The number of nitrogens with zero attached hydrogens (tertiary/aromatic N) is 1. The van der Waals surface area contributed by atoms with Crippen LogP contribution >= 0.6 is 27.5 Å². The summed E-state index contributed by atoms with van der Waals surface area (Å²) in [6.45, 7) is 4.02. The van der Waals surface area contributed by atoms with Crippen molar-refractivity contribution < 1.29 is 9.59 Å². The Morgan fingerprint density at radius 2 is 1.95 bits per heavy atom. The molecular formula is C15H20BrClN2O2. The molecule has 0 aliphatic carbocycles. The van der Waals surface area contributed by atoms with Crippen LogP contribution in [-0.2, 0) is 4.79 Å². The second-order valence-electron chi connectivity index (χ2n) is 5.52. The summed E-state index contributed by atoms with van der Waals surface area (Å²) < 4.78 is 0.726. The highest BCUT2D eigenvalue weighted by molar-refractivity contribution is 9.10. The minimum Gasteiger partial charge on any atom is -0.347 e. The predicted molar refractivity (Wildman–Crippen MR) is 88.6 cm³/mol. The van der Waals surface area contributed by atoms with E-state index in [1.54, 1.807) is 32.3 Å². The highest BCUT2D eigenvalue weighted by atomic mass is 79.9. The molecule has 1 N–H and O–H groups in total. The molecule has 4 nitrogen and oxygen atoms in total. The van der Waals surface area contributed by atoms with Gasteiger partial charge in [-0.2, -0.15) is 0 Å². The Morgan fingerprint density at radius 1 is 1.33 bits per heavy atom. The smallest absolute Gasteiger partial charge is 0.251 e. The van der Waals surface area contributed by atoms with Gasteiger partial charge >= 0.3 is 0 Å². The Balaban J connectivity index is 2.89. The first kappa shape index (κ1) is 18.0. The van der Waals surface area contributed by atoms with E-state index < -0.39 is 6.04 Å². The van der Waals surface area contributed by atoms with Gasteiger partial charge in [-0.05, 0) is 46.5 Å². The summed E-state index contributed by atoms with van der Waals surface area (Å²) >= 11 is 9.27. The highest BCUT2D eigenvalue weighted by Crippen LogP contribution is 2.23. The average molecular weight is 376 g/mol. The fourth-order valence-corrected chi connectivity index (χ4v) is 2.31. The molecule has 0 aliphatic heterocycles. The van der Waals surface area contributed by atoms with E-state index in [4.69, 9.17) is 11.6 Å². The van der Waals surface area contributed by atoms with E-state index in [2.05, 4.69) is 21.2 Å². The van der Waals surface area contributed by atoms with E-state index in [9.17, 15) is 9.59 Å². The molecule has 0 aromatic heterocycles. The lowest BCUT2D eigenvalue weighted by atomic mass is 10.0. The van der Waals surface area contributed by atoms with Crippen LogP contribution in [0.15, 0.2) is 22.7 Å². The number of likely N-dealkylation sites (N-methyl/N-ethyl adjacent to an activating group) is 1. The highest BCUT2D eigenvalue weighted by Gasteiger charge is 2.24. The summed E-state index contributed by atoms with van der Waals surface area (Å²) in [6.07, 6.45) is 0.590. The van der Waals surface area contributed by atoms with Gasteiger partial charge in [0, 0.05) is 24.1 Å². The number of amides is 2. The van der Waals surface area contributed by atoms with Gasteiger partial charge in [0.15, 0.2) is 0 Å². The van der Waals surface area contributed by atoms with Crippen molar-refractivity contribution in [3.8, 4) is 0 Å². The van der Waals surface area contributed by atoms with Crippen LogP contribution < -0.4 is 5.32 Å². The van der Waals surface area contributed by atoms with E-state index in [1.165, 1.54) is 4.90 Å². The molecule has 2 amide bonds. The largest absolute Gasteiger partial charge is 0.347 e. The van der Waals surface area contributed by atoms with Gasteiger partial charge in [0.1, 0.15) is 6.04 Å². The second-order valence-corrected chi connectivity index (χ2v) is 6.78. The maximum absolute atomic E-state index is 12.3. The summed E-state index contributed by atoms with van der Waals surface area (Å²) in [5.74, 6) is -0.113. The van der Waals surface area contributed by atoms with Crippen LogP contribution in [0.25, 0.3) is 0 Å². The molecule has 0 aliphatic rings. The third-order valence-electron chi connectivity index (χ3n) is 2.93. The molecule has 0 radical (unpaired) electrons. The molecule has 1 aromatic rings. The third-order valence-corrected chi connectivity index (χ3v) is 4.17. The lowest BCUT2D eigenvalue weighted by Gasteiger charge is -2.23. The van der Waals surface area contributed by atoms with Gasteiger partial charge in [-0.1, -0.05) is 25.4 Å². The molecule has 0 heterocycles. The number of halogens is 2. The van der Waals surface area contributed by atoms with Crippen molar-refractivity contribution in [1.82, 2.24) is 10.2 Å². The van der Waals surface area contributed by atoms with Crippen LogP contribution in [0.4, 0.5) is 0 Å². The first-order valence-corrected chi connectivity index (χ1v) is 7.86. The normalized spacial score (nSPS) is 12.1. The first-order valence-electron chi connectivity index (χ1n) is 6.69. The van der Waals surface area contributed by atoms with E-state index in [0.717, 1.165) is 4.47 Å². The minimum absolute atomic E-state index is 0.111. The van der Waals surface area contributed by atoms with E-state index in [1.807, 2.05) is 13.8 Å². The number of nitrogens with one attached hydrogen (secondary N) is 1. The maximum Gasteiger partial charge on any atom is 0.251 e. The lowest BCUT2D eigenvalue weighted by molar-refractivity contribution is -0.131. The van der Waals surface area contributed by atoms with Crippen molar-refractivity contribution in [2.75, 3.05) is 14.1 Å². The zero-order valence-corrected chi connectivity index (χ0v) is 15.0. The SMILES string of the molecule is CC(C)CC(NC(=O)c1ccc(Br)c(Cl)c1)C(=O)N(C)C. The number of rotatable bonds is 5. The zero-order valence-electron chi connectivity index (χ0n) is 12.6. The Morgan fingerprint density at radius 3 is 2.43 bits per heavy atom. The van der Waals surface area contributed by atoms with Crippen LogP contribution in [-0.4, -0.2) is 36.9 Å². The van der Waals surface area contributed by atoms with Gasteiger partial charge in [-0.25, -0.2) is 0 Å². The standard InChI is InChI=1S/C15H20BrClN2O2/c1-9(2)7-13(15(21)19(3)4)18-14(20)10-5-6-11(16)12(17)8-10/h5-6,8-9,13H,7H2,1-4H3,(H,18,20). The Kier molecular flexibility index (Phi) is 6.68. The maximum atomic E-state index is 12.3. The summed E-state index contributed by atoms with van der Waals surface area (Å²) in [6, 6.07) is 4.42. The number of carbonyl (C=O) groups is 2. The molecule has 21 heavy (non-hydrogen) atoms. The van der Waals surface area contributed by atoms with Crippen LogP contribution in [0.1, 0.15) is 30.6 Å². The molecule has 1 rings (SSSR count). The molecule has 6 heteroatoms. The number of carbonyl (C=O) groups excluding carboxylic acids is 2. The Bertz CT molecular complexity index is 532. The minimum atomic E-state index is -0.532.